The molecule has 2 amide bonds. The zero-order valence-corrected chi connectivity index (χ0v) is 11.4. The van der Waals surface area contributed by atoms with Gasteiger partial charge in [-0.1, -0.05) is 0 Å². The topological polar surface area (TPSA) is 78.7 Å². The Hall–Kier alpha value is -2.05. The third-order valence-corrected chi connectivity index (χ3v) is 4.28. The maximum absolute atomic E-state index is 12.5. The summed E-state index contributed by atoms with van der Waals surface area (Å²) in [6.45, 7) is 4.36. The predicted molar refractivity (Wildman–Crippen MR) is 70.6 cm³/mol. The molecule has 1 saturated heterocycles. The Balaban J connectivity index is 1.71. The van der Waals surface area contributed by atoms with Crippen molar-refractivity contribution in [2.24, 2.45) is 0 Å². The van der Waals surface area contributed by atoms with Crippen molar-refractivity contribution in [3.05, 3.63) is 17.7 Å². The monoisotopic (exact) mass is 278 g/mol. The highest BCUT2D eigenvalue weighted by Gasteiger charge is 2.33. The quantitative estimate of drug-likeness (QED) is 0.823. The molecule has 2 aliphatic heterocycles. The molecule has 0 saturated carbocycles. The minimum Gasteiger partial charge on any atom is -0.465 e. The molecule has 0 bridgehead atoms. The van der Waals surface area contributed by atoms with E-state index in [4.69, 9.17) is 5.11 Å². The molecule has 0 radical (unpaired) electrons. The van der Waals surface area contributed by atoms with Crippen molar-refractivity contribution in [2.45, 2.75) is 32.4 Å². The Morgan fingerprint density at radius 3 is 2.65 bits per heavy atom. The lowest BCUT2D eigenvalue weighted by molar-refractivity contribution is 0.0510. The molecule has 0 aliphatic carbocycles. The lowest BCUT2D eigenvalue weighted by Crippen LogP contribution is -2.51. The summed E-state index contributed by atoms with van der Waals surface area (Å²) in [5.74, 6) is 0.888. The lowest BCUT2D eigenvalue weighted by atomic mass is 10.0. The number of carboxylic acid groups (broad SMARTS) is 1. The number of carbonyl (C=O) groups excluding carboxylic acids is 1. The number of aromatic nitrogens is 2. The number of imidazole rings is 1. The van der Waals surface area contributed by atoms with Crippen LogP contribution in [0, 0.1) is 6.92 Å². The number of likely N-dealkylation sites (tertiary alicyclic amines) is 1. The zero-order valence-electron chi connectivity index (χ0n) is 11.4. The molecule has 7 nitrogen and oxygen atoms in total. The molecule has 2 aliphatic rings. The number of hydrogen-bond donors (Lipinski definition) is 1. The van der Waals surface area contributed by atoms with Crippen LogP contribution in [0.3, 0.4) is 0 Å². The maximum atomic E-state index is 12.5. The van der Waals surface area contributed by atoms with Gasteiger partial charge in [0.25, 0.3) is 5.91 Å². The molecule has 0 atom stereocenters. The molecule has 0 spiro atoms. The number of aryl methyl sites for hydroxylation is 1. The van der Waals surface area contributed by atoms with Crippen molar-refractivity contribution in [1.82, 2.24) is 19.4 Å². The van der Waals surface area contributed by atoms with Gasteiger partial charge in [0.15, 0.2) is 0 Å². The third-order valence-electron chi connectivity index (χ3n) is 4.28. The van der Waals surface area contributed by atoms with E-state index >= 15 is 0 Å². The van der Waals surface area contributed by atoms with Crippen LogP contribution in [0.1, 0.15) is 29.2 Å². The molecule has 1 aromatic heterocycles. The van der Waals surface area contributed by atoms with Crippen molar-refractivity contribution in [3.63, 3.8) is 0 Å². The first-order valence-corrected chi connectivity index (χ1v) is 6.89. The second-order valence-corrected chi connectivity index (χ2v) is 5.34. The highest BCUT2D eigenvalue weighted by atomic mass is 16.4. The third kappa shape index (κ3) is 2.03. The van der Waals surface area contributed by atoms with Crippen LogP contribution in [-0.4, -0.2) is 62.1 Å². The summed E-state index contributed by atoms with van der Waals surface area (Å²) in [6.07, 6.45) is 2.19. The zero-order chi connectivity index (χ0) is 14.3. The van der Waals surface area contributed by atoms with E-state index in [0.29, 0.717) is 38.2 Å². The van der Waals surface area contributed by atoms with Crippen LogP contribution in [0.2, 0.25) is 0 Å². The molecule has 7 heteroatoms. The van der Waals surface area contributed by atoms with Crippen LogP contribution in [0.15, 0.2) is 6.20 Å². The van der Waals surface area contributed by atoms with Gasteiger partial charge in [0.1, 0.15) is 11.5 Å². The molecule has 0 aromatic carbocycles. The Morgan fingerprint density at radius 2 is 2.00 bits per heavy atom. The van der Waals surface area contributed by atoms with E-state index in [9.17, 15) is 9.59 Å². The van der Waals surface area contributed by atoms with Gasteiger partial charge in [0.05, 0.1) is 6.20 Å². The Labute approximate surface area is 116 Å². The average molecular weight is 278 g/mol. The van der Waals surface area contributed by atoms with E-state index in [-0.39, 0.29) is 11.9 Å². The summed E-state index contributed by atoms with van der Waals surface area (Å²) in [5, 5.41) is 8.95. The van der Waals surface area contributed by atoms with E-state index < -0.39 is 6.09 Å². The van der Waals surface area contributed by atoms with Gasteiger partial charge in [0.2, 0.25) is 0 Å². The van der Waals surface area contributed by atoms with Crippen LogP contribution in [-0.2, 0) is 6.54 Å². The van der Waals surface area contributed by atoms with Gasteiger partial charge in [-0.05, 0) is 19.8 Å². The Bertz CT molecular complexity index is 546. The normalized spacial score (nSPS) is 20.1. The van der Waals surface area contributed by atoms with Crippen LogP contribution >= 0.6 is 0 Å². The summed E-state index contributed by atoms with van der Waals surface area (Å²) < 4.78 is 1.95. The van der Waals surface area contributed by atoms with Gasteiger partial charge in [0, 0.05) is 32.2 Å². The number of amides is 2. The molecule has 1 aromatic rings. The summed E-state index contributed by atoms with van der Waals surface area (Å²) in [6, 6.07) is 0.141. The number of carbonyl (C=O) groups is 2. The largest absolute Gasteiger partial charge is 0.465 e. The molecule has 3 rings (SSSR count). The van der Waals surface area contributed by atoms with Crippen LogP contribution in [0.5, 0.6) is 0 Å². The molecule has 1 fully saturated rings. The fourth-order valence-corrected chi connectivity index (χ4v) is 3.09. The first-order chi connectivity index (χ1) is 9.58. The minimum atomic E-state index is -0.873. The molecular weight excluding hydrogens is 260 g/mol. The van der Waals surface area contributed by atoms with E-state index in [1.807, 2.05) is 16.4 Å². The molecular formula is C13H18N4O3. The fraction of sp³-hybridized carbons (Fsp3) is 0.615. The van der Waals surface area contributed by atoms with Crippen molar-refractivity contribution < 1.29 is 14.7 Å². The van der Waals surface area contributed by atoms with Gasteiger partial charge >= 0.3 is 6.09 Å². The highest BCUT2D eigenvalue weighted by molar-refractivity contribution is 5.93. The van der Waals surface area contributed by atoms with Crippen molar-refractivity contribution >= 4 is 12.0 Å². The average Bonchev–Trinajstić information content (AvgIpc) is 2.82. The van der Waals surface area contributed by atoms with Gasteiger partial charge in [-0.25, -0.2) is 9.78 Å². The molecule has 0 unspecified atom stereocenters. The molecule has 3 heterocycles. The van der Waals surface area contributed by atoms with E-state index in [2.05, 4.69) is 4.98 Å². The van der Waals surface area contributed by atoms with Gasteiger partial charge in [-0.3, -0.25) is 4.79 Å². The minimum absolute atomic E-state index is 0.0191. The maximum Gasteiger partial charge on any atom is 0.407 e. The van der Waals surface area contributed by atoms with Gasteiger partial charge in [-0.15, -0.1) is 0 Å². The fourth-order valence-electron chi connectivity index (χ4n) is 3.09. The first kappa shape index (κ1) is 13.0. The Morgan fingerprint density at radius 1 is 1.30 bits per heavy atom. The number of piperidine rings is 1. The number of hydrogen-bond acceptors (Lipinski definition) is 3. The lowest BCUT2D eigenvalue weighted by Gasteiger charge is -2.39. The van der Waals surface area contributed by atoms with Crippen molar-refractivity contribution in [3.8, 4) is 0 Å². The second kappa shape index (κ2) is 4.81. The first-order valence-electron chi connectivity index (χ1n) is 6.89. The smallest absolute Gasteiger partial charge is 0.407 e. The summed E-state index contributed by atoms with van der Waals surface area (Å²) >= 11 is 0. The number of nitrogens with zero attached hydrogens (tertiary/aromatic N) is 4. The highest BCUT2D eigenvalue weighted by Crippen LogP contribution is 2.22. The Kier molecular flexibility index (Phi) is 3.11. The van der Waals surface area contributed by atoms with Crippen LogP contribution in [0.25, 0.3) is 0 Å². The summed E-state index contributed by atoms with van der Waals surface area (Å²) in [7, 11) is 0. The predicted octanol–water partition coefficient (Wildman–Crippen LogP) is 0.790. The van der Waals surface area contributed by atoms with Crippen LogP contribution in [0.4, 0.5) is 4.79 Å². The molecule has 1 N–H and O–H groups in total. The van der Waals surface area contributed by atoms with E-state index in [1.165, 1.54) is 4.90 Å². The number of rotatable bonds is 1. The van der Waals surface area contributed by atoms with Gasteiger partial charge in [-0.2, -0.15) is 0 Å². The van der Waals surface area contributed by atoms with Crippen molar-refractivity contribution in [1.29, 1.82) is 0 Å². The van der Waals surface area contributed by atoms with Crippen LogP contribution < -0.4 is 0 Å². The second-order valence-electron chi connectivity index (χ2n) is 5.34. The summed E-state index contributed by atoms with van der Waals surface area (Å²) in [5.41, 5.74) is 0.648. The molecule has 20 heavy (non-hydrogen) atoms. The van der Waals surface area contributed by atoms with Gasteiger partial charge < -0.3 is 19.5 Å². The SMILES string of the molecule is Cc1ncc2n1CCN(C1CCN(C(=O)O)CC1)C2=O. The molecule has 108 valence electrons. The van der Waals surface area contributed by atoms with Crippen molar-refractivity contribution in [2.75, 3.05) is 19.6 Å². The summed E-state index contributed by atoms with van der Waals surface area (Å²) in [4.78, 5) is 30.9. The van der Waals surface area contributed by atoms with E-state index in [1.54, 1.807) is 6.20 Å². The standard InChI is InChI=1S/C13H18N4O3/c1-9-14-8-11-12(18)17(7-6-16(9)11)10-2-4-15(5-3-10)13(19)20/h8,10H,2-7H2,1H3,(H,19,20). The number of fused-ring (bicyclic) bond motifs is 1. The van der Waals surface area contributed by atoms with E-state index in [0.717, 1.165) is 12.4 Å².